The minimum atomic E-state index is 0.601. The summed E-state index contributed by atoms with van der Waals surface area (Å²) in [6.07, 6.45) is 0. The zero-order valence-corrected chi connectivity index (χ0v) is 14.9. The van der Waals surface area contributed by atoms with Crippen molar-refractivity contribution in [2.24, 2.45) is 0 Å². The highest BCUT2D eigenvalue weighted by atomic mass is 16.5. The summed E-state index contributed by atoms with van der Waals surface area (Å²) in [5, 5.41) is 6.58. The Morgan fingerprint density at radius 2 is 1.69 bits per heavy atom. The van der Waals surface area contributed by atoms with E-state index in [1.54, 1.807) is 14.2 Å². The Morgan fingerprint density at radius 3 is 2.46 bits per heavy atom. The Balaban J connectivity index is 1.90. The monoisotopic (exact) mass is 350 g/mol. The fraction of sp³-hybridized carbons (Fsp3) is 0.200. The fourth-order valence-corrected chi connectivity index (χ4v) is 2.45. The predicted octanol–water partition coefficient (Wildman–Crippen LogP) is 3.95. The summed E-state index contributed by atoms with van der Waals surface area (Å²) in [4.78, 5) is 9.26. The lowest BCUT2D eigenvalue weighted by Crippen LogP contribution is -2.10. The number of aromatic nitrogens is 2. The molecule has 0 atom stereocenters. The molecule has 0 bridgehead atoms. The van der Waals surface area contributed by atoms with Crippen molar-refractivity contribution in [3.63, 3.8) is 0 Å². The van der Waals surface area contributed by atoms with Crippen LogP contribution in [0.15, 0.2) is 60.7 Å². The maximum absolute atomic E-state index is 5.28. The minimum absolute atomic E-state index is 0.601. The summed E-state index contributed by atoms with van der Waals surface area (Å²) < 4.78 is 10.4. The minimum Gasteiger partial charge on any atom is -0.497 e. The molecular weight excluding hydrogens is 328 g/mol. The number of rotatable bonds is 8. The van der Waals surface area contributed by atoms with E-state index in [0.29, 0.717) is 24.8 Å². The van der Waals surface area contributed by atoms with Crippen LogP contribution in [0.3, 0.4) is 0 Å². The topological polar surface area (TPSA) is 68.3 Å². The lowest BCUT2D eigenvalue weighted by Gasteiger charge is -2.12. The third kappa shape index (κ3) is 4.70. The normalized spacial score (nSPS) is 10.4. The third-order valence-electron chi connectivity index (χ3n) is 3.71. The van der Waals surface area contributed by atoms with Gasteiger partial charge in [-0.1, -0.05) is 36.4 Å². The molecule has 2 aromatic carbocycles. The summed E-state index contributed by atoms with van der Waals surface area (Å²) >= 11 is 0. The second kappa shape index (κ2) is 8.82. The van der Waals surface area contributed by atoms with E-state index < -0.39 is 0 Å². The quantitative estimate of drug-likeness (QED) is 0.600. The highest BCUT2D eigenvalue weighted by molar-refractivity contribution is 5.65. The Hall–Kier alpha value is -3.12. The Morgan fingerprint density at radius 1 is 0.885 bits per heavy atom. The molecule has 6 nitrogen and oxygen atoms in total. The lowest BCUT2D eigenvalue weighted by atomic mass is 10.2. The van der Waals surface area contributed by atoms with Crippen LogP contribution in [0.5, 0.6) is 5.75 Å². The van der Waals surface area contributed by atoms with Crippen LogP contribution >= 0.6 is 0 Å². The smallest absolute Gasteiger partial charge is 0.163 e. The zero-order valence-electron chi connectivity index (χ0n) is 14.9. The van der Waals surface area contributed by atoms with Crippen molar-refractivity contribution in [3.05, 3.63) is 60.7 Å². The number of hydrogen-bond donors (Lipinski definition) is 2. The van der Waals surface area contributed by atoms with Crippen LogP contribution in [0.2, 0.25) is 0 Å². The second-order valence-electron chi connectivity index (χ2n) is 5.60. The molecule has 0 aliphatic rings. The van der Waals surface area contributed by atoms with Crippen molar-refractivity contribution in [1.29, 1.82) is 0 Å². The predicted molar refractivity (Wildman–Crippen MR) is 104 cm³/mol. The van der Waals surface area contributed by atoms with E-state index in [4.69, 9.17) is 9.47 Å². The average Bonchev–Trinajstić information content (AvgIpc) is 2.69. The molecule has 0 saturated heterocycles. The van der Waals surface area contributed by atoms with E-state index >= 15 is 0 Å². The van der Waals surface area contributed by atoms with E-state index in [1.165, 1.54) is 0 Å². The molecule has 0 aliphatic heterocycles. The number of benzene rings is 2. The summed E-state index contributed by atoms with van der Waals surface area (Å²) in [6.45, 7) is 1.27. The molecule has 6 heteroatoms. The molecule has 134 valence electrons. The highest BCUT2D eigenvalue weighted by Gasteiger charge is 2.08. The van der Waals surface area contributed by atoms with Crippen molar-refractivity contribution in [1.82, 2.24) is 9.97 Å². The van der Waals surface area contributed by atoms with E-state index in [9.17, 15) is 0 Å². The molecule has 0 aliphatic carbocycles. The largest absolute Gasteiger partial charge is 0.497 e. The van der Waals surface area contributed by atoms with E-state index in [-0.39, 0.29) is 0 Å². The summed E-state index contributed by atoms with van der Waals surface area (Å²) in [5.41, 5.74) is 1.85. The average molecular weight is 350 g/mol. The van der Waals surface area contributed by atoms with Crippen LogP contribution in [0.25, 0.3) is 11.4 Å². The van der Waals surface area contributed by atoms with Gasteiger partial charge in [0.2, 0.25) is 0 Å². The van der Waals surface area contributed by atoms with E-state index in [0.717, 1.165) is 22.8 Å². The van der Waals surface area contributed by atoms with Gasteiger partial charge in [0.15, 0.2) is 5.82 Å². The van der Waals surface area contributed by atoms with Crippen molar-refractivity contribution in [2.75, 3.05) is 38.0 Å². The third-order valence-corrected chi connectivity index (χ3v) is 3.71. The van der Waals surface area contributed by atoms with Crippen LogP contribution in [-0.2, 0) is 4.74 Å². The van der Waals surface area contributed by atoms with Gasteiger partial charge in [-0.05, 0) is 12.1 Å². The van der Waals surface area contributed by atoms with Crippen LogP contribution in [0.1, 0.15) is 0 Å². The van der Waals surface area contributed by atoms with Gasteiger partial charge in [-0.2, -0.15) is 0 Å². The Bertz CT molecular complexity index is 840. The summed E-state index contributed by atoms with van der Waals surface area (Å²) in [7, 11) is 3.32. The molecule has 3 rings (SSSR count). The van der Waals surface area contributed by atoms with Gasteiger partial charge in [0, 0.05) is 37.0 Å². The molecule has 1 aromatic heterocycles. The van der Waals surface area contributed by atoms with Crippen molar-refractivity contribution < 1.29 is 9.47 Å². The van der Waals surface area contributed by atoms with Crippen LogP contribution < -0.4 is 15.4 Å². The number of ether oxygens (including phenoxy) is 2. The molecule has 26 heavy (non-hydrogen) atoms. The van der Waals surface area contributed by atoms with Gasteiger partial charge in [-0.15, -0.1) is 0 Å². The fourth-order valence-electron chi connectivity index (χ4n) is 2.45. The zero-order chi connectivity index (χ0) is 18.2. The molecule has 0 amide bonds. The first-order valence-electron chi connectivity index (χ1n) is 8.37. The summed E-state index contributed by atoms with van der Waals surface area (Å²) in [6, 6.07) is 19.5. The maximum Gasteiger partial charge on any atom is 0.163 e. The molecule has 0 saturated carbocycles. The number of methoxy groups -OCH3 is 2. The van der Waals surface area contributed by atoms with Gasteiger partial charge >= 0.3 is 0 Å². The Labute approximate surface area is 153 Å². The van der Waals surface area contributed by atoms with Crippen molar-refractivity contribution in [3.8, 4) is 17.1 Å². The Kier molecular flexibility index (Phi) is 6.01. The molecule has 0 radical (unpaired) electrons. The first-order chi connectivity index (χ1) is 12.8. The number of nitrogens with zero attached hydrogens (tertiary/aromatic N) is 2. The molecule has 2 N–H and O–H groups in total. The maximum atomic E-state index is 5.28. The molecular formula is C20H22N4O2. The van der Waals surface area contributed by atoms with Crippen molar-refractivity contribution >= 4 is 17.3 Å². The first kappa shape index (κ1) is 17.7. The van der Waals surface area contributed by atoms with Crippen LogP contribution in [0, 0.1) is 0 Å². The van der Waals surface area contributed by atoms with E-state index in [2.05, 4.69) is 20.6 Å². The SMILES string of the molecule is COCCNc1cc(Nc2cccc(OC)c2)nc(-c2ccccc2)n1. The van der Waals surface area contributed by atoms with Gasteiger partial charge in [-0.25, -0.2) is 9.97 Å². The molecule has 0 fully saturated rings. The lowest BCUT2D eigenvalue weighted by molar-refractivity contribution is 0.210. The van der Waals surface area contributed by atoms with Crippen molar-refractivity contribution in [2.45, 2.75) is 0 Å². The van der Waals surface area contributed by atoms with Crippen LogP contribution in [0.4, 0.5) is 17.3 Å². The van der Waals surface area contributed by atoms with E-state index in [1.807, 2.05) is 60.7 Å². The first-order valence-corrected chi connectivity index (χ1v) is 8.37. The standard InChI is InChI=1S/C20H22N4O2/c1-25-12-11-21-18-14-19(22-16-9-6-10-17(13-16)26-2)24-20(23-18)15-7-4-3-5-8-15/h3-10,13-14H,11-12H2,1-2H3,(H2,21,22,23,24). The van der Waals surface area contributed by atoms with Gasteiger partial charge < -0.3 is 20.1 Å². The molecule has 1 heterocycles. The number of hydrogen-bond acceptors (Lipinski definition) is 6. The highest BCUT2D eigenvalue weighted by Crippen LogP contribution is 2.24. The molecule has 0 spiro atoms. The number of anilines is 3. The van der Waals surface area contributed by atoms with Gasteiger partial charge in [-0.3, -0.25) is 0 Å². The van der Waals surface area contributed by atoms with Gasteiger partial charge in [0.05, 0.1) is 13.7 Å². The number of nitrogens with one attached hydrogen (secondary N) is 2. The molecule has 0 unspecified atom stereocenters. The van der Waals surface area contributed by atoms with Gasteiger partial charge in [0.25, 0.3) is 0 Å². The molecule has 3 aromatic rings. The van der Waals surface area contributed by atoms with Gasteiger partial charge in [0.1, 0.15) is 17.4 Å². The van der Waals surface area contributed by atoms with Crippen LogP contribution in [-0.4, -0.2) is 37.3 Å². The summed E-state index contributed by atoms with van der Waals surface area (Å²) in [5.74, 6) is 2.87. The second-order valence-corrected chi connectivity index (χ2v) is 5.60.